The molecule has 0 bridgehead atoms. The number of rotatable bonds is 6. The van der Waals surface area contributed by atoms with Gasteiger partial charge in [-0.05, 0) is 85.7 Å². The molecule has 5 heteroatoms. The van der Waals surface area contributed by atoms with Gasteiger partial charge in [-0.2, -0.15) is 5.26 Å². The van der Waals surface area contributed by atoms with Crippen molar-refractivity contribution in [3.8, 4) is 17.2 Å². The van der Waals surface area contributed by atoms with Gasteiger partial charge in [0.15, 0.2) is 0 Å². The molecule has 1 aromatic carbocycles. The molecule has 0 aliphatic heterocycles. The van der Waals surface area contributed by atoms with Gasteiger partial charge in [-0.15, -0.1) is 11.3 Å². The lowest BCUT2D eigenvalue weighted by Crippen LogP contribution is -2.34. The maximum Gasteiger partial charge on any atom is 0.104 e. The zero-order chi connectivity index (χ0) is 24.2. The van der Waals surface area contributed by atoms with Crippen molar-refractivity contribution in [2.24, 2.45) is 21.6 Å². The first-order valence-corrected chi connectivity index (χ1v) is 11.7. The van der Waals surface area contributed by atoms with Crippen molar-refractivity contribution in [3.05, 3.63) is 93.8 Å². The van der Waals surface area contributed by atoms with Crippen molar-refractivity contribution < 1.29 is 0 Å². The van der Waals surface area contributed by atoms with Gasteiger partial charge in [0.2, 0.25) is 0 Å². The van der Waals surface area contributed by atoms with E-state index in [4.69, 9.17) is 10.7 Å². The number of thiophene rings is 1. The number of aliphatic imine (C=N–C) groups is 2. The Bertz CT molecular complexity index is 1260. The first-order chi connectivity index (χ1) is 15.7. The van der Waals surface area contributed by atoms with Crippen LogP contribution in [-0.4, -0.2) is 18.6 Å². The Morgan fingerprint density at radius 3 is 2.61 bits per heavy atom. The Labute approximate surface area is 200 Å². The molecule has 0 amide bonds. The van der Waals surface area contributed by atoms with Gasteiger partial charge >= 0.3 is 0 Å². The van der Waals surface area contributed by atoms with Crippen LogP contribution in [0.3, 0.4) is 0 Å². The van der Waals surface area contributed by atoms with Crippen molar-refractivity contribution in [2.45, 2.75) is 33.2 Å². The van der Waals surface area contributed by atoms with Gasteiger partial charge in [0, 0.05) is 17.8 Å². The lowest BCUT2D eigenvalue weighted by atomic mass is 9.73. The summed E-state index contributed by atoms with van der Waals surface area (Å²) in [4.78, 5) is 10.4. The van der Waals surface area contributed by atoms with E-state index in [-0.39, 0.29) is 5.92 Å². The highest BCUT2D eigenvalue weighted by Gasteiger charge is 2.40. The molecule has 0 spiro atoms. The van der Waals surface area contributed by atoms with E-state index in [0.717, 1.165) is 38.4 Å². The highest BCUT2D eigenvalue weighted by atomic mass is 32.1. The van der Waals surface area contributed by atoms with Crippen molar-refractivity contribution in [1.29, 1.82) is 5.26 Å². The molecule has 2 aromatic rings. The molecule has 1 unspecified atom stereocenters. The predicted molar refractivity (Wildman–Crippen MR) is 142 cm³/mol. The van der Waals surface area contributed by atoms with Crippen LogP contribution >= 0.6 is 11.3 Å². The molecular formula is C28H30N4S. The van der Waals surface area contributed by atoms with Crippen LogP contribution in [0.15, 0.2) is 93.3 Å². The summed E-state index contributed by atoms with van der Waals surface area (Å²) in [6.07, 6.45) is 8.40. The predicted octanol–water partition coefficient (Wildman–Crippen LogP) is 6.58. The summed E-state index contributed by atoms with van der Waals surface area (Å²) in [6.45, 7) is 12.4. The molecule has 0 saturated carbocycles. The van der Waals surface area contributed by atoms with Crippen molar-refractivity contribution in [2.75, 3.05) is 7.05 Å². The molecule has 1 aliphatic rings. The molecule has 168 valence electrons. The summed E-state index contributed by atoms with van der Waals surface area (Å²) in [6, 6.07) is 12.0. The number of hydrogen-bond donors (Lipinski definition) is 1. The molecule has 1 aromatic heterocycles. The molecular weight excluding hydrogens is 424 g/mol. The lowest BCUT2D eigenvalue weighted by molar-refractivity contribution is 0.403. The van der Waals surface area contributed by atoms with Gasteiger partial charge in [0.05, 0.1) is 23.2 Å². The number of hydrogen-bond acceptors (Lipinski definition) is 4. The van der Waals surface area contributed by atoms with Crippen molar-refractivity contribution in [3.63, 3.8) is 0 Å². The molecule has 3 rings (SSSR count). The van der Waals surface area contributed by atoms with Gasteiger partial charge < -0.3 is 5.73 Å². The van der Waals surface area contributed by atoms with E-state index in [1.165, 1.54) is 0 Å². The first-order valence-electron chi connectivity index (χ1n) is 10.8. The maximum atomic E-state index is 9.28. The maximum absolute atomic E-state index is 9.28. The molecule has 4 nitrogen and oxygen atoms in total. The van der Waals surface area contributed by atoms with E-state index in [1.54, 1.807) is 18.4 Å². The van der Waals surface area contributed by atoms with Gasteiger partial charge in [-0.1, -0.05) is 36.4 Å². The quantitative estimate of drug-likeness (QED) is 0.304. The SMILES string of the molecule is C=C(C)[C@H](C1=C/C(=C/C)C(=NC)C=C1)C(C)(N=C(C)N)c1cc(-c2cccc(C#N)c2)cs1. The summed E-state index contributed by atoms with van der Waals surface area (Å²) < 4.78 is 0. The molecule has 0 radical (unpaired) electrons. The Morgan fingerprint density at radius 2 is 2.00 bits per heavy atom. The normalized spacial score (nSPS) is 19.2. The summed E-state index contributed by atoms with van der Waals surface area (Å²) in [5.41, 5.74) is 12.4. The minimum absolute atomic E-state index is 0.0856. The number of nitrogens with two attached hydrogens (primary N) is 1. The van der Waals surface area contributed by atoms with Gasteiger partial charge in [-0.3, -0.25) is 9.98 Å². The van der Waals surface area contributed by atoms with Crippen LogP contribution in [0.5, 0.6) is 0 Å². The minimum Gasteiger partial charge on any atom is -0.388 e. The number of nitrogens with zero attached hydrogens (tertiary/aromatic N) is 3. The molecule has 1 heterocycles. The van der Waals surface area contributed by atoms with Crippen molar-refractivity contribution >= 4 is 22.9 Å². The minimum atomic E-state index is -0.643. The van der Waals surface area contributed by atoms with E-state index >= 15 is 0 Å². The average Bonchev–Trinajstić information content (AvgIpc) is 3.29. The van der Waals surface area contributed by atoms with E-state index in [2.05, 4.69) is 54.2 Å². The van der Waals surface area contributed by atoms with E-state index in [9.17, 15) is 5.26 Å². The second-order valence-electron chi connectivity index (χ2n) is 8.40. The summed E-state index contributed by atoms with van der Waals surface area (Å²) in [5.74, 6) is 0.435. The van der Waals surface area contributed by atoms with Crippen LogP contribution in [0.25, 0.3) is 11.1 Å². The fourth-order valence-electron chi connectivity index (χ4n) is 4.43. The molecule has 0 fully saturated rings. The van der Waals surface area contributed by atoms with Crippen molar-refractivity contribution in [1.82, 2.24) is 0 Å². The smallest absolute Gasteiger partial charge is 0.104 e. The molecule has 0 saturated heterocycles. The third-order valence-electron chi connectivity index (χ3n) is 5.82. The Hall–Kier alpha value is -3.49. The van der Waals surface area contributed by atoms with Crippen LogP contribution in [0.4, 0.5) is 0 Å². The highest BCUT2D eigenvalue weighted by molar-refractivity contribution is 7.10. The number of amidine groups is 1. The van der Waals surface area contributed by atoms with E-state index in [1.807, 2.05) is 51.1 Å². The second kappa shape index (κ2) is 9.97. The Kier molecular flexibility index (Phi) is 7.30. The zero-order valence-electron chi connectivity index (χ0n) is 19.9. The van der Waals surface area contributed by atoms with Crippen LogP contribution in [0.1, 0.15) is 38.1 Å². The largest absolute Gasteiger partial charge is 0.388 e. The summed E-state index contributed by atoms with van der Waals surface area (Å²) in [7, 11) is 1.80. The fraction of sp³-hybridized carbons (Fsp3) is 0.250. The summed E-state index contributed by atoms with van der Waals surface area (Å²) >= 11 is 1.65. The number of benzene rings is 1. The summed E-state index contributed by atoms with van der Waals surface area (Å²) in [5, 5.41) is 11.4. The van der Waals surface area contributed by atoms with Gasteiger partial charge in [0.1, 0.15) is 5.54 Å². The standard InChI is InChI=1S/C28H30N4S/c1-7-21-14-23(11-12-25(21)31-6)27(18(2)3)28(5,32-19(4)30)26-15-24(17-33-26)22-10-8-9-20(13-22)16-29/h7-15,17,27H,2H2,1,3-6H3,(H2,30,32)/b21-7-,31-25?/t27-,28?/m1/s1. The Balaban J connectivity index is 2.16. The van der Waals surface area contributed by atoms with E-state index in [0.29, 0.717) is 11.4 Å². The molecule has 1 aliphatic carbocycles. The molecule has 2 atom stereocenters. The number of nitriles is 1. The van der Waals surface area contributed by atoms with Crippen LogP contribution in [-0.2, 0) is 5.54 Å². The first kappa shape index (κ1) is 24.2. The monoisotopic (exact) mass is 454 g/mol. The molecule has 2 N–H and O–H groups in total. The highest BCUT2D eigenvalue weighted by Crippen LogP contribution is 2.46. The third-order valence-corrected chi connectivity index (χ3v) is 6.98. The van der Waals surface area contributed by atoms with Crippen LogP contribution < -0.4 is 5.73 Å². The number of allylic oxidation sites excluding steroid dienone is 5. The molecule has 33 heavy (non-hydrogen) atoms. The zero-order valence-corrected chi connectivity index (χ0v) is 20.7. The van der Waals surface area contributed by atoms with Crippen LogP contribution in [0, 0.1) is 17.2 Å². The fourth-order valence-corrected chi connectivity index (χ4v) is 5.48. The topological polar surface area (TPSA) is 74.5 Å². The lowest BCUT2D eigenvalue weighted by Gasteiger charge is -2.36. The average molecular weight is 455 g/mol. The van der Waals surface area contributed by atoms with Gasteiger partial charge in [0.25, 0.3) is 0 Å². The Morgan fingerprint density at radius 1 is 1.24 bits per heavy atom. The van der Waals surface area contributed by atoms with Crippen LogP contribution in [0.2, 0.25) is 0 Å². The van der Waals surface area contributed by atoms with Gasteiger partial charge in [-0.25, -0.2) is 0 Å². The van der Waals surface area contributed by atoms with E-state index < -0.39 is 5.54 Å². The second-order valence-corrected chi connectivity index (χ2v) is 9.31. The third kappa shape index (κ3) is 4.97.